The van der Waals surface area contributed by atoms with Crippen LogP contribution >= 0.6 is 0 Å². The zero-order valence-electron chi connectivity index (χ0n) is 8.44. The number of hydrogen-bond acceptors (Lipinski definition) is 5. The van der Waals surface area contributed by atoms with Gasteiger partial charge >= 0.3 is 0 Å². The lowest BCUT2D eigenvalue weighted by Crippen LogP contribution is -2.48. The molecular weight excluding hydrogens is 192 g/mol. The highest BCUT2D eigenvalue weighted by molar-refractivity contribution is 5.47. The van der Waals surface area contributed by atoms with Crippen molar-refractivity contribution < 1.29 is 5.11 Å². The predicted molar refractivity (Wildman–Crippen MR) is 54.0 cm³/mol. The minimum Gasteiger partial charge on any atom is -0.390 e. The minimum absolute atomic E-state index is 0.184. The van der Waals surface area contributed by atoms with E-state index in [2.05, 4.69) is 15.3 Å². The van der Waals surface area contributed by atoms with Crippen molar-refractivity contribution in [3.8, 4) is 6.07 Å². The highest BCUT2D eigenvalue weighted by Crippen LogP contribution is 2.33. The Balaban J connectivity index is 2.04. The maximum absolute atomic E-state index is 9.55. The molecule has 1 fully saturated rings. The Morgan fingerprint density at radius 2 is 2.20 bits per heavy atom. The Hall–Kier alpha value is -1.67. The molecule has 2 rings (SSSR count). The van der Waals surface area contributed by atoms with Gasteiger partial charge in [0.25, 0.3) is 0 Å². The molecule has 1 aliphatic rings. The SMILES string of the molecule is CC1(O)CC(Nc2nccnc2C#N)C1. The number of nitrogens with zero attached hydrogens (tertiary/aromatic N) is 3. The van der Waals surface area contributed by atoms with Crippen LogP contribution in [-0.2, 0) is 0 Å². The zero-order chi connectivity index (χ0) is 10.9. The summed E-state index contributed by atoms with van der Waals surface area (Å²) in [5.74, 6) is 0.500. The van der Waals surface area contributed by atoms with E-state index in [4.69, 9.17) is 5.26 Å². The van der Waals surface area contributed by atoms with Gasteiger partial charge in [-0.25, -0.2) is 9.97 Å². The molecule has 15 heavy (non-hydrogen) atoms. The first kappa shape index (κ1) is 9.87. The highest BCUT2D eigenvalue weighted by Gasteiger charge is 2.38. The van der Waals surface area contributed by atoms with Crippen LogP contribution in [0.4, 0.5) is 5.82 Å². The maximum atomic E-state index is 9.55. The van der Waals surface area contributed by atoms with Gasteiger partial charge in [0.15, 0.2) is 11.5 Å². The van der Waals surface area contributed by atoms with Gasteiger partial charge in [-0.3, -0.25) is 0 Å². The van der Waals surface area contributed by atoms with Crippen LogP contribution in [0.2, 0.25) is 0 Å². The fraction of sp³-hybridized carbons (Fsp3) is 0.500. The Bertz CT molecular complexity index is 402. The molecule has 78 valence electrons. The van der Waals surface area contributed by atoms with Crippen molar-refractivity contribution in [3.63, 3.8) is 0 Å². The summed E-state index contributed by atoms with van der Waals surface area (Å²) in [4.78, 5) is 7.94. The molecule has 5 nitrogen and oxygen atoms in total. The lowest BCUT2D eigenvalue weighted by Gasteiger charge is -2.41. The van der Waals surface area contributed by atoms with E-state index in [0.29, 0.717) is 24.4 Å². The first-order valence-corrected chi connectivity index (χ1v) is 4.81. The van der Waals surface area contributed by atoms with Gasteiger partial charge < -0.3 is 10.4 Å². The summed E-state index contributed by atoms with van der Waals surface area (Å²) >= 11 is 0. The van der Waals surface area contributed by atoms with Gasteiger partial charge in [0.1, 0.15) is 6.07 Å². The van der Waals surface area contributed by atoms with Crippen molar-refractivity contribution >= 4 is 5.82 Å². The number of anilines is 1. The molecule has 0 bridgehead atoms. The van der Waals surface area contributed by atoms with Crippen LogP contribution in [0.1, 0.15) is 25.5 Å². The largest absolute Gasteiger partial charge is 0.390 e. The maximum Gasteiger partial charge on any atom is 0.182 e. The zero-order valence-corrected chi connectivity index (χ0v) is 8.44. The average Bonchev–Trinajstić information content (AvgIpc) is 2.16. The van der Waals surface area contributed by atoms with E-state index >= 15 is 0 Å². The average molecular weight is 204 g/mol. The van der Waals surface area contributed by atoms with Gasteiger partial charge in [0, 0.05) is 18.4 Å². The molecule has 0 saturated heterocycles. The monoisotopic (exact) mass is 204 g/mol. The molecule has 2 N–H and O–H groups in total. The second kappa shape index (κ2) is 3.48. The first-order chi connectivity index (χ1) is 7.11. The molecule has 0 spiro atoms. The summed E-state index contributed by atoms with van der Waals surface area (Å²) < 4.78 is 0. The molecule has 0 aliphatic heterocycles. The Kier molecular flexibility index (Phi) is 2.29. The van der Waals surface area contributed by atoms with Gasteiger partial charge in [0.2, 0.25) is 0 Å². The minimum atomic E-state index is -0.577. The lowest BCUT2D eigenvalue weighted by atomic mass is 9.77. The fourth-order valence-corrected chi connectivity index (χ4v) is 1.82. The predicted octanol–water partition coefficient (Wildman–Crippen LogP) is 0.674. The van der Waals surface area contributed by atoms with Gasteiger partial charge in [0.05, 0.1) is 5.60 Å². The van der Waals surface area contributed by atoms with Gasteiger partial charge in [-0.05, 0) is 19.8 Å². The summed E-state index contributed by atoms with van der Waals surface area (Å²) in [5, 5.41) is 21.4. The van der Waals surface area contributed by atoms with E-state index < -0.39 is 5.60 Å². The standard InChI is InChI=1S/C10H12N4O/c1-10(15)4-7(5-10)14-9-8(6-11)12-2-3-13-9/h2-3,7,15H,4-5H2,1H3,(H,13,14). The number of rotatable bonds is 2. The first-order valence-electron chi connectivity index (χ1n) is 4.81. The van der Waals surface area contributed by atoms with Crippen molar-refractivity contribution in [2.24, 2.45) is 0 Å². The molecule has 1 saturated carbocycles. The van der Waals surface area contributed by atoms with Crippen LogP contribution < -0.4 is 5.32 Å². The summed E-state index contributed by atoms with van der Waals surface area (Å²) in [5.41, 5.74) is -0.281. The van der Waals surface area contributed by atoms with Crippen LogP contribution in [-0.4, -0.2) is 26.7 Å². The van der Waals surface area contributed by atoms with E-state index in [9.17, 15) is 5.11 Å². The molecule has 1 aromatic rings. The lowest BCUT2D eigenvalue weighted by molar-refractivity contribution is -0.0235. The molecule has 0 radical (unpaired) electrons. The molecule has 0 unspecified atom stereocenters. The second-order valence-corrected chi connectivity index (χ2v) is 4.11. The molecule has 0 atom stereocenters. The van der Waals surface area contributed by atoms with E-state index in [-0.39, 0.29) is 6.04 Å². The fourth-order valence-electron chi connectivity index (χ4n) is 1.82. The molecule has 0 aromatic carbocycles. The third kappa shape index (κ3) is 2.05. The quantitative estimate of drug-likeness (QED) is 0.740. The van der Waals surface area contributed by atoms with Crippen molar-refractivity contribution in [2.75, 3.05) is 5.32 Å². The number of nitriles is 1. The number of nitrogens with one attached hydrogen (secondary N) is 1. The van der Waals surface area contributed by atoms with Crippen LogP contribution in [0.15, 0.2) is 12.4 Å². The van der Waals surface area contributed by atoms with Crippen molar-refractivity contribution in [3.05, 3.63) is 18.1 Å². The highest BCUT2D eigenvalue weighted by atomic mass is 16.3. The van der Waals surface area contributed by atoms with Gasteiger partial charge in [-0.15, -0.1) is 0 Å². The summed E-state index contributed by atoms with van der Waals surface area (Å²) in [6, 6.07) is 2.16. The molecule has 1 aliphatic carbocycles. The van der Waals surface area contributed by atoms with E-state index in [0.717, 1.165) is 0 Å². The third-order valence-corrected chi connectivity index (χ3v) is 2.52. The summed E-state index contributed by atoms with van der Waals surface area (Å²) in [7, 11) is 0. The summed E-state index contributed by atoms with van der Waals surface area (Å²) in [6.07, 6.45) is 4.38. The Morgan fingerprint density at radius 3 is 2.80 bits per heavy atom. The third-order valence-electron chi connectivity index (χ3n) is 2.52. The number of aliphatic hydroxyl groups is 1. The Morgan fingerprint density at radius 1 is 1.53 bits per heavy atom. The van der Waals surface area contributed by atoms with E-state index in [1.54, 1.807) is 13.1 Å². The molecule has 1 aromatic heterocycles. The van der Waals surface area contributed by atoms with E-state index in [1.165, 1.54) is 6.20 Å². The topological polar surface area (TPSA) is 81.8 Å². The smallest absolute Gasteiger partial charge is 0.182 e. The molecule has 5 heteroatoms. The van der Waals surface area contributed by atoms with Crippen LogP contribution in [0.5, 0.6) is 0 Å². The molecule has 0 amide bonds. The van der Waals surface area contributed by atoms with Crippen LogP contribution in [0.25, 0.3) is 0 Å². The van der Waals surface area contributed by atoms with Crippen molar-refractivity contribution in [1.29, 1.82) is 5.26 Å². The number of hydrogen-bond donors (Lipinski definition) is 2. The second-order valence-electron chi connectivity index (χ2n) is 4.11. The number of aromatic nitrogens is 2. The summed E-state index contributed by atoms with van der Waals surface area (Å²) in [6.45, 7) is 1.80. The Labute approximate surface area is 87.8 Å². The van der Waals surface area contributed by atoms with E-state index in [1.807, 2.05) is 6.07 Å². The van der Waals surface area contributed by atoms with Crippen molar-refractivity contribution in [1.82, 2.24) is 9.97 Å². The van der Waals surface area contributed by atoms with Crippen LogP contribution in [0.3, 0.4) is 0 Å². The van der Waals surface area contributed by atoms with Crippen LogP contribution in [0, 0.1) is 11.3 Å². The molecular formula is C10H12N4O. The molecule has 1 heterocycles. The van der Waals surface area contributed by atoms with Gasteiger partial charge in [-0.2, -0.15) is 5.26 Å². The van der Waals surface area contributed by atoms with Crippen molar-refractivity contribution in [2.45, 2.75) is 31.4 Å². The van der Waals surface area contributed by atoms with Gasteiger partial charge in [-0.1, -0.05) is 0 Å². The normalized spacial score (nSPS) is 29.0.